The smallest absolute Gasteiger partial charge is 0.252 e. The van der Waals surface area contributed by atoms with Crippen LogP contribution in [0.5, 0.6) is 0 Å². The van der Waals surface area contributed by atoms with Gasteiger partial charge < -0.3 is 9.32 Å². The first-order valence-electron chi connectivity index (χ1n) is 8.57. The fraction of sp³-hybridized carbons (Fsp3) is 0.316. The first-order valence-corrected chi connectivity index (χ1v) is 10.9. The van der Waals surface area contributed by atoms with Gasteiger partial charge in [-0.1, -0.05) is 31.2 Å². The summed E-state index contributed by atoms with van der Waals surface area (Å²) in [5, 5.41) is 2.68. The van der Waals surface area contributed by atoms with Gasteiger partial charge in [0.2, 0.25) is 5.91 Å². The van der Waals surface area contributed by atoms with Crippen molar-refractivity contribution < 1.29 is 17.6 Å². The van der Waals surface area contributed by atoms with Gasteiger partial charge in [-0.05, 0) is 17.5 Å². The number of furan rings is 1. The van der Waals surface area contributed by atoms with Crippen LogP contribution in [0, 0.1) is 0 Å². The molecule has 0 spiro atoms. The molecule has 27 heavy (non-hydrogen) atoms. The number of rotatable bonds is 7. The summed E-state index contributed by atoms with van der Waals surface area (Å²) in [6, 6.07) is 10.9. The van der Waals surface area contributed by atoms with Crippen molar-refractivity contribution in [1.29, 1.82) is 0 Å². The fourth-order valence-electron chi connectivity index (χ4n) is 2.89. The molecule has 0 fully saturated rings. The zero-order valence-corrected chi connectivity index (χ0v) is 17.1. The van der Waals surface area contributed by atoms with Crippen LogP contribution < -0.4 is 0 Å². The number of para-hydroxylation sites is 1. The summed E-state index contributed by atoms with van der Waals surface area (Å²) in [4.78, 5) is 14.2. The maximum Gasteiger partial charge on any atom is 0.252 e. The van der Waals surface area contributed by atoms with Gasteiger partial charge in [0.15, 0.2) is 0 Å². The number of carbonyl (C=O) groups excluding carboxylic acids is 1. The van der Waals surface area contributed by atoms with Gasteiger partial charge in [0.1, 0.15) is 15.6 Å². The highest BCUT2D eigenvalue weighted by Crippen LogP contribution is 2.27. The molecule has 0 saturated carbocycles. The van der Waals surface area contributed by atoms with Gasteiger partial charge >= 0.3 is 0 Å². The minimum Gasteiger partial charge on any atom is -0.461 e. The quantitative estimate of drug-likeness (QED) is 0.603. The number of fused-ring (bicyclic) bond motifs is 1. The summed E-state index contributed by atoms with van der Waals surface area (Å²) in [7, 11) is -0.550. The van der Waals surface area contributed by atoms with Gasteiger partial charge in [0.25, 0.3) is 10.0 Å². The number of nitrogens with zero attached hydrogens (tertiary/aromatic N) is 2. The molecule has 1 aromatic carbocycles. The van der Waals surface area contributed by atoms with Gasteiger partial charge in [0.05, 0.1) is 6.54 Å². The lowest BCUT2D eigenvalue weighted by Gasteiger charge is -2.21. The number of hydrogen-bond acceptors (Lipinski definition) is 5. The molecule has 3 aromatic rings. The maximum atomic E-state index is 12.6. The van der Waals surface area contributed by atoms with Crippen molar-refractivity contribution in [2.45, 2.75) is 24.1 Å². The molecule has 2 heterocycles. The summed E-state index contributed by atoms with van der Waals surface area (Å²) >= 11 is 1.14. The Hall–Kier alpha value is -2.16. The summed E-state index contributed by atoms with van der Waals surface area (Å²) in [6.07, 6.45) is 0.721. The Labute approximate surface area is 163 Å². The van der Waals surface area contributed by atoms with Gasteiger partial charge in [-0.15, -0.1) is 11.3 Å². The average Bonchev–Trinajstić information content (AvgIpc) is 3.30. The molecule has 0 aliphatic rings. The summed E-state index contributed by atoms with van der Waals surface area (Å²) in [5.74, 6) is 0.570. The van der Waals surface area contributed by atoms with Crippen LogP contribution in [0.25, 0.3) is 11.0 Å². The predicted molar refractivity (Wildman–Crippen MR) is 106 cm³/mol. The van der Waals surface area contributed by atoms with Crippen LogP contribution in [0.4, 0.5) is 0 Å². The van der Waals surface area contributed by atoms with E-state index in [1.165, 1.54) is 18.0 Å². The van der Waals surface area contributed by atoms with Crippen molar-refractivity contribution in [2.24, 2.45) is 0 Å². The van der Waals surface area contributed by atoms with Crippen LogP contribution >= 0.6 is 11.3 Å². The van der Waals surface area contributed by atoms with E-state index in [9.17, 15) is 13.2 Å². The van der Waals surface area contributed by atoms with Crippen LogP contribution in [-0.2, 0) is 27.8 Å². The Balaban J connectivity index is 1.75. The molecule has 144 valence electrons. The molecule has 0 unspecified atom stereocenters. The van der Waals surface area contributed by atoms with Crippen molar-refractivity contribution in [3.8, 4) is 0 Å². The highest BCUT2D eigenvalue weighted by molar-refractivity contribution is 7.91. The molecule has 0 N–H and O–H groups in total. The van der Waals surface area contributed by atoms with E-state index >= 15 is 0 Å². The molecule has 0 atom stereocenters. The number of thiophene rings is 1. The summed E-state index contributed by atoms with van der Waals surface area (Å²) in [5.41, 5.74) is 1.76. The highest BCUT2D eigenvalue weighted by Gasteiger charge is 2.25. The van der Waals surface area contributed by atoms with Gasteiger partial charge in [-0.2, -0.15) is 4.31 Å². The largest absolute Gasteiger partial charge is 0.461 e. The summed E-state index contributed by atoms with van der Waals surface area (Å²) in [6.45, 7) is 2.16. The first-order chi connectivity index (χ1) is 12.8. The lowest BCUT2D eigenvalue weighted by atomic mass is 10.1. The van der Waals surface area contributed by atoms with E-state index in [1.54, 1.807) is 18.5 Å². The molecule has 0 aliphatic carbocycles. The number of hydrogen-bond donors (Lipinski definition) is 0. The van der Waals surface area contributed by atoms with Gasteiger partial charge in [-0.3, -0.25) is 4.79 Å². The average molecular weight is 407 g/mol. The molecular weight excluding hydrogens is 384 g/mol. The molecule has 0 saturated heterocycles. The zero-order valence-electron chi connectivity index (χ0n) is 15.5. The third kappa shape index (κ3) is 3.92. The second-order valence-electron chi connectivity index (χ2n) is 6.30. The number of carbonyl (C=O) groups is 1. The van der Waals surface area contributed by atoms with E-state index in [1.807, 2.05) is 31.2 Å². The van der Waals surface area contributed by atoms with Crippen molar-refractivity contribution in [3.05, 3.63) is 53.1 Å². The molecular formula is C19H22N2O4S2. The number of likely N-dealkylation sites (N-methyl/N-ethyl adjacent to an activating group) is 2. The molecule has 1 amide bonds. The molecule has 8 heteroatoms. The van der Waals surface area contributed by atoms with E-state index in [0.717, 1.165) is 44.4 Å². The normalized spacial score (nSPS) is 12.0. The van der Waals surface area contributed by atoms with E-state index in [4.69, 9.17) is 4.42 Å². The maximum absolute atomic E-state index is 12.6. The molecule has 0 bridgehead atoms. The van der Waals surface area contributed by atoms with Crippen molar-refractivity contribution in [2.75, 3.05) is 20.6 Å². The molecule has 0 radical (unpaired) electrons. The Morgan fingerprint density at radius 2 is 1.89 bits per heavy atom. The molecule has 6 nitrogen and oxygen atoms in total. The van der Waals surface area contributed by atoms with Crippen molar-refractivity contribution >= 4 is 38.2 Å². The standard InChI is InChI=1S/C19H22N2O4S2/c1-4-16-15(14-8-5-6-9-17(14)25-16)12-20(2)18(22)13-21(3)27(23,24)19-10-7-11-26-19/h5-11H,4,12-13H2,1-3H3. The third-order valence-corrected chi connectivity index (χ3v) is 7.62. The van der Waals surface area contributed by atoms with E-state index < -0.39 is 10.0 Å². The Morgan fingerprint density at radius 3 is 2.56 bits per heavy atom. The van der Waals surface area contributed by atoms with Gasteiger partial charge in [-0.25, -0.2) is 8.42 Å². The van der Waals surface area contributed by atoms with E-state index in [-0.39, 0.29) is 16.7 Å². The Morgan fingerprint density at radius 1 is 1.15 bits per heavy atom. The van der Waals surface area contributed by atoms with Crippen LogP contribution in [-0.4, -0.2) is 44.2 Å². The minimum atomic E-state index is -3.65. The van der Waals surface area contributed by atoms with Crippen LogP contribution in [0.2, 0.25) is 0 Å². The summed E-state index contributed by atoms with van der Waals surface area (Å²) < 4.78 is 32.2. The van der Waals surface area contributed by atoms with E-state index in [0.29, 0.717) is 6.54 Å². The highest BCUT2D eigenvalue weighted by atomic mass is 32.2. The molecule has 2 aromatic heterocycles. The second-order valence-corrected chi connectivity index (χ2v) is 9.52. The lowest BCUT2D eigenvalue weighted by Crippen LogP contribution is -2.38. The number of benzene rings is 1. The monoisotopic (exact) mass is 406 g/mol. The first kappa shape index (κ1) is 19.6. The Bertz CT molecular complexity index is 1040. The zero-order chi connectivity index (χ0) is 19.6. The number of aryl methyl sites for hydroxylation is 1. The molecule has 3 rings (SSSR count). The number of sulfonamides is 1. The predicted octanol–water partition coefficient (Wildman–Crippen LogP) is 3.34. The van der Waals surface area contributed by atoms with E-state index in [2.05, 4.69) is 0 Å². The van der Waals surface area contributed by atoms with Gasteiger partial charge in [0, 0.05) is 38.0 Å². The van der Waals surface area contributed by atoms with Crippen LogP contribution in [0.3, 0.4) is 0 Å². The minimum absolute atomic E-state index is 0.214. The van der Waals surface area contributed by atoms with Crippen LogP contribution in [0.15, 0.2) is 50.4 Å². The fourth-order valence-corrected chi connectivity index (χ4v) is 5.22. The topological polar surface area (TPSA) is 70.8 Å². The van der Waals surface area contributed by atoms with Crippen LogP contribution in [0.1, 0.15) is 18.2 Å². The van der Waals surface area contributed by atoms with Crippen molar-refractivity contribution in [1.82, 2.24) is 9.21 Å². The SMILES string of the molecule is CCc1oc2ccccc2c1CN(C)C(=O)CN(C)S(=O)(=O)c1cccs1. The molecule has 0 aliphatic heterocycles. The Kier molecular flexibility index (Phi) is 5.69. The third-order valence-electron chi connectivity index (χ3n) is 4.44. The van der Waals surface area contributed by atoms with Crippen molar-refractivity contribution in [3.63, 3.8) is 0 Å². The lowest BCUT2D eigenvalue weighted by molar-refractivity contribution is -0.130. The number of amides is 1. The second kappa shape index (κ2) is 7.84.